The van der Waals surface area contributed by atoms with Crippen molar-refractivity contribution in [1.29, 1.82) is 0 Å². The molecule has 0 aromatic heterocycles. The minimum Gasteiger partial charge on any atom is -0.315 e. The summed E-state index contributed by atoms with van der Waals surface area (Å²) in [6, 6.07) is 0.768. The maximum atomic E-state index is 3.45. The lowest BCUT2D eigenvalue weighted by atomic mass is 10.2. The molecule has 1 aliphatic rings. The van der Waals surface area contributed by atoms with Crippen LogP contribution in [0.5, 0.6) is 0 Å². The third-order valence-electron chi connectivity index (χ3n) is 2.84. The summed E-state index contributed by atoms with van der Waals surface area (Å²) < 4.78 is 0. The Balaban J connectivity index is 2.29. The molecule has 1 aliphatic heterocycles. The van der Waals surface area contributed by atoms with E-state index < -0.39 is 0 Å². The highest BCUT2D eigenvalue weighted by molar-refractivity contribution is 4.69. The highest BCUT2D eigenvalue weighted by atomic mass is 15.2. The Kier molecular flexibility index (Phi) is 4.62. The van der Waals surface area contributed by atoms with Gasteiger partial charge in [-0.3, -0.25) is 4.90 Å². The fourth-order valence-corrected chi connectivity index (χ4v) is 1.72. The number of hydrogen-bond donors (Lipinski definition) is 1. The van der Waals surface area contributed by atoms with Crippen LogP contribution < -0.4 is 5.32 Å². The van der Waals surface area contributed by atoms with Gasteiger partial charge in [0.25, 0.3) is 0 Å². The van der Waals surface area contributed by atoms with Crippen molar-refractivity contribution in [2.75, 3.05) is 26.2 Å². The molecule has 1 rings (SSSR count). The van der Waals surface area contributed by atoms with E-state index in [9.17, 15) is 0 Å². The average molecular weight is 170 g/mol. The van der Waals surface area contributed by atoms with Crippen molar-refractivity contribution in [2.24, 2.45) is 0 Å². The van der Waals surface area contributed by atoms with Crippen LogP contribution in [0.15, 0.2) is 0 Å². The Hall–Kier alpha value is -0.0800. The Labute approximate surface area is 76.3 Å². The summed E-state index contributed by atoms with van der Waals surface area (Å²) in [5, 5.41) is 3.45. The van der Waals surface area contributed by atoms with Gasteiger partial charge in [0.2, 0.25) is 0 Å². The third-order valence-corrected chi connectivity index (χ3v) is 2.84. The second-order valence-electron chi connectivity index (χ2n) is 3.75. The molecule has 0 aromatic rings. The first-order chi connectivity index (χ1) is 5.84. The van der Waals surface area contributed by atoms with E-state index in [1.807, 2.05) is 0 Å². The second-order valence-corrected chi connectivity index (χ2v) is 3.75. The van der Waals surface area contributed by atoms with Gasteiger partial charge in [-0.05, 0) is 39.3 Å². The fourth-order valence-electron chi connectivity index (χ4n) is 1.72. The molecule has 1 unspecified atom stereocenters. The van der Waals surface area contributed by atoms with Crippen molar-refractivity contribution >= 4 is 0 Å². The number of hydrogen-bond acceptors (Lipinski definition) is 2. The highest BCUT2D eigenvalue weighted by Gasteiger charge is 2.12. The summed E-state index contributed by atoms with van der Waals surface area (Å²) in [7, 11) is 0. The minimum absolute atomic E-state index is 0.768. The van der Waals surface area contributed by atoms with E-state index in [1.54, 1.807) is 0 Å². The van der Waals surface area contributed by atoms with E-state index in [0.717, 1.165) is 6.04 Å². The summed E-state index contributed by atoms with van der Waals surface area (Å²) >= 11 is 0. The minimum atomic E-state index is 0.768. The highest BCUT2D eigenvalue weighted by Crippen LogP contribution is 2.06. The molecule has 0 aromatic carbocycles. The SMILES string of the molecule is CCC(C)N1CCCCNCC1. The van der Waals surface area contributed by atoms with Crippen molar-refractivity contribution in [3.63, 3.8) is 0 Å². The Morgan fingerprint density at radius 3 is 2.83 bits per heavy atom. The molecule has 1 heterocycles. The Morgan fingerprint density at radius 1 is 1.25 bits per heavy atom. The molecular weight excluding hydrogens is 148 g/mol. The maximum absolute atomic E-state index is 3.45. The fraction of sp³-hybridized carbons (Fsp3) is 1.00. The van der Waals surface area contributed by atoms with Gasteiger partial charge in [-0.25, -0.2) is 0 Å². The van der Waals surface area contributed by atoms with Crippen LogP contribution in [-0.2, 0) is 0 Å². The number of nitrogens with zero attached hydrogens (tertiary/aromatic N) is 1. The number of nitrogens with one attached hydrogen (secondary N) is 1. The lowest BCUT2D eigenvalue weighted by Crippen LogP contribution is -2.40. The van der Waals surface area contributed by atoms with Gasteiger partial charge >= 0.3 is 0 Å². The van der Waals surface area contributed by atoms with Gasteiger partial charge in [0.1, 0.15) is 0 Å². The van der Waals surface area contributed by atoms with Crippen LogP contribution in [0.25, 0.3) is 0 Å². The van der Waals surface area contributed by atoms with Gasteiger partial charge in [0.15, 0.2) is 0 Å². The molecule has 2 heteroatoms. The van der Waals surface area contributed by atoms with Crippen LogP contribution in [0.4, 0.5) is 0 Å². The van der Waals surface area contributed by atoms with E-state index in [4.69, 9.17) is 0 Å². The van der Waals surface area contributed by atoms with Gasteiger partial charge in [-0.1, -0.05) is 6.92 Å². The van der Waals surface area contributed by atoms with Crippen LogP contribution in [0, 0.1) is 0 Å². The molecule has 12 heavy (non-hydrogen) atoms. The standard InChI is InChI=1S/C10H22N2/c1-3-10(2)12-8-5-4-6-11-7-9-12/h10-11H,3-9H2,1-2H3. The molecule has 1 fully saturated rings. The predicted octanol–water partition coefficient (Wildman–Crippen LogP) is 1.47. The van der Waals surface area contributed by atoms with Crippen LogP contribution in [0.2, 0.25) is 0 Å². The van der Waals surface area contributed by atoms with E-state index in [2.05, 4.69) is 24.1 Å². The first-order valence-electron chi connectivity index (χ1n) is 5.29. The monoisotopic (exact) mass is 170 g/mol. The largest absolute Gasteiger partial charge is 0.315 e. The lowest BCUT2D eigenvalue weighted by molar-refractivity contribution is 0.192. The molecule has 0 saturated carbocycles. The van der Waals surface area contributed by atoms with Crippen molar-refractivity contribution < 1.29 is 0 Å². The molecule has 0 bridgehead atoms. The quantitative estimate of drug-likeness (QED) is 0.675. The molecule has 0 radical (unpaired) electrons. The van der Waals surface area contributed by atoms with Crippen LogP contribution in [0.3, 0.4) is 0 Å². The van der Waals surface area contributed by atoms with Crippen molar-refractivity contribution in [3.05, 3.63) is 0 Å². The zero-order valence-electron chi connectivity index (χ0n) is 8.47. The molecule has 1 N–H and O–H groups in total. The van der Waals surface area contributed by atoms with E-state index in [1.165, 1.54) is 45.4 Å². The summed E-state index contributed by atoms with van der Waals surface area (Å²) in [6.45, 7) is 9.53. The van der Waals surface area contributed by atoms with Crippen molar-refractivity contribution in [1.82, 2.24) is 10.2 Å². The molecular formula is C10H22N2. The van der Waals surface area contributed by atoms with Gasteiger partial charge in [0, 0.05) is 19.1 Å². The molecule has 0 aliphatic carbocycles. The first kappa shape index (κ1) is 10.0. The summed E-state index contributed by atoms with van der Waals surface area (Å²) in [6.07, 6.45) is 3.98. The van der Waals surface area contributed by atoms with Gasteiger partial charge < -0.3 is 5.32 Å². The summed E-state index contributed by atoms with van der Waals surface area (Å²) in [4.78, 5) is 2.60. The van der Waals surface area contributed by atoms with Gasteiger partial charge in [0.05, 0.1) is 0 Å². The predicted molar refractivity (Wildman–Crippen MR) is 53.4 cm³/mol. The second kappa shape index (κ2) is 5.55. The van der Waals surface area contributed by atoms with Gasteiger partial charge in [-0.15, -0.1) is 0 Å². The molecule has 1 atom stereocenters. The van der Waals surface area contributed by atoms with Crippen LogP contribution >= 0.6 is 0 Å². The Bertz CT molecular complexity index is 106. The lowest BCUT2D eigenvalue weighted by Gasteiger charge is -2.30. The van der Waals surface area contributed by atoms with E-state index >= 15 is 0 Å². The maximum Gasteiger partial charge on any atom is 0.0110 e. The van der Waals surface area contributed by atoms with Crippen molar-refractivity contribution in [2.45, 2.75) is 39.2 Å². The summed E-state index contributed by atoms with van der Waals surface area (Å²) in [5.41, 5.74) is 0. The first-order valence-corrected chi connectivity index (χ1v) is 5.29. The molecule has 2 nitrogen and oxygen atoms in total. The average Bonchev–Trinajstić information content (AvgIpc) is 2.02. The van der Waals surface area contributed by atoms with Crippen LogP contribution in [0.1, 0.15) is 33.1 Å². The van der Waals surface area contributed by atoms with E-state index in [0.29, 0.717) is 0 Å². The molecule has 1 saturated heterocycles. The molecule has 0 spiro atoms. The van der Waals surface area contributed by atoms with E-state index in [-0.39, 0.29) is 0 Å². The zero-order chi connectivity index (χ0) is 8.81. The molecule has 0 amide bonds. The topological polar surface area (TPSA) is 15.3 Å². The third kappa shape index (κ3) is 3.11. The Morgan fingerprint density at radius 2 is 2.08 bits per heavy atom. The van der Waals surface area contributed by atoms with Crippen LogP contribution in [-0.4, -0.2) is 37.1 Å². The van der Waals surface area contributed by atoms with Gasteiger partial charge in [-0.2, -0.15) is 0 Å². The zero-order valence-corrected chi connectivity index (χ0v) is 8.47. The van der Waals surface area contributed by atoms with Crippen molar-refractivity contribution in [3.8, 4) is 0 Å². The summed E-state index contributed by atoms with van der Waals surface area (Å²) in [5.74, 6) is 0. The molecule has 72 valence electrons. The normalized spacial score (nSPS) is 24.5. The smallest absolute Gasteiger partial charge is 0.0110 e. The number of rotatable bonds is 2.